The summed E-state index contributed by atoms with van der Waals surface area (Å²) in [6.07, 6.45) is 0. The van der Waals surface area contributed by atoms with Crippen molar-refractivity contribution in [3.8, 4) is 0 Å². The van der Waals surface area contributed by atoms with Gasteiger partial charge in [0.15, 0.2) is 0 Å². The first-order chi connectivity index (χ1) is 11.6. The Morgan fingerprint density at radius 2 is 1.75 bits per heavy atom. The van der Waals surface area contributed by atoms with Crippen molar-refractivity contribution in [1.82, 2.24) is 9.88 Å². The molecule has 24 heavy (non-hydrogen) atoms. The Balaban J connectivity index is 2.25. The maximum absolute atomic E-state index is 12.5. The summed E-state index contributed by atoms with van der Waals surface area (Å²) >= 11 is 0. The molecule has 1 N–H and O–H groups in total. The second-order valence-corrected chi connectivity index (χ2v) is 5.96. The summed E-state index contributed by atoms with van der Waals surface area (Å²) in [7, 11) is 4.04. The molecule has 4 nitrogen and oxygen atoms in total. The zero-order chi connectivity index (χ0) is 17.1. The first-order valence-corrected chi connectivity index (χ1v) is 8.12. The molecular formula is C20H22N2O2. The lowest BCUT2D eigenvalue weighted by molar-refractivity contribution is 0.0518. The largest absolute Gasteiger partial charge is 0.461 e. The van der Waals surface area contributed by atoms with Crippen LogP contribution in [-0.2, 0) is 4.74 Å². The highest BCUT2D eigenvalue weighted by Gasteiger charge is 2.27. The van der Waals surface area contributed by atoms with Crippen molar-refractivity contribution in [1.29, 1.82) is 0 Å². The SMILES string of the molecule is CCOC(=O)c1[nH]c2ccccc2c1C(c1ccccc1)N(C)C. The number of H-pyrrole nitrogens is 1. The van der Waals surface area contributed by atoms with Crippen LogP contribution in [0, 0.1) is 0 Å². The number of hydrogen-bond acceptors (Lipinski definition) is 3. The highest BCUT2D eigenvalue weighted by Crippen LogP contribution is 2.35. The zero-order valence-corrected chi connectivity index (χ0v) is 14.2. The number of rotatable bonds is 5. The summed E-state index contributed by atoms with van der Waals surface area (Å²) in [5, 5.41) is 1.04. The Hall–Kier alpha value is -2.59. The third kappa shape index (κ3) is 2.93. The molecule has 0 amide bonds. The van der Waals surface area contributed by atoms with Gasteiger partial charge in [0.1, 0.15) is 5.69 Å². The number of aromatic nitrogens is 1. The molecule has 0 aliphatic carbocycles. The fraction of sp³-hybridized carbons (Fsp3) is 0.250. The van der Waals surface area contributed by atoms with E-state index in [4.69, 9.17) is 4.74 Å². The van der Waals surface area contributed by atoms with Gasteiger partial charge >= 0.3 is 5.97 Å². The third-order valence-electron chi connectivity index (χ3n) is 4.13. The Bertz CT molecular complexity index is 837. The van der Waals surface area contributed by atoms with E-state index in [0.29, 0.717) is 12.3 Å². The van der Waals surface area contributed by atoms with Crippen LogP contribution in [0.1, 0.15) is 34.6 Å². The van der Waals surface area contributed by atoms with Crippen LogP contribution >= 0.6 is 0 Å². The number of carbonyl (C=O) groups excluding carboxylic acids is 1. The summed E-state index contributed by atoms with van der Waals surface area (Å²) in [5.74, 6) is -0.313. The van der Waals surface area contributed by atoms with E-state index in [-0.39, 0.29) is 12.0 Å². The predicted molar refractivity (Wildman–Crippen MR) is 96.2 cm³/mol. The topological polar surface area (TPSA) is 45.3 Å². The van der Waals surface area contributed by atoms with E-state index in [1.807, 2.05) is 63.5 Å². The zero-order valence-electron chi connectivity index (χ0n) is 14.2. The smallest absolute Gasteiger partial charge is 0.355 e. The van der Waals surface area contributed by atoms with E-state index in [2.05, 4.69) is 22.0 Å². The van der Waals surface area contributed by atoms with Crippen LogP contribution in [0.15, 0.2) is 54.6 Å². The van der Waals surface area contributed by atoms with Crippen LogP contribution in [0.3, 0.4) is 0 Å². The molecule has 1 unspecified atom stereocenters. The normalized spacial score (nSPS) is 12.5. The van der Waals surface area contributed by atoms with Gasteiger partial charge in [-0.3, -0.25) is 4.90 Å². The summed E-state index contributed by atoms with van der Waals surface area (Å²) in [5.41, 5.74) is 3.57. The Morgan fingerprint density at radius 1 is 1.08 bits per heavy atom. The second kappa shape index (κ2) is 6.89. The second-order valence-electron chi connectivity index (χ2n) is 5.96. The fourth-order valence-electron chi connectivity index (χ4n) is 3.17. The average Bonchev–Trinajstić information content (AvgIpc) is 2.96. The number of nitrogens with one attached hydrogen (secondary N) is 1. The lowest BCUT2D eigenvalue weighted by Gasteiger charge is -2.25. The van der Waals surface area contributed by atoms with Crippen LogP contribution in [0.2, 0.25) is 0 Å². The molecule has 0 spiro atoms. The van der Waals surface area contributed by atoms with Gasteiger partial charge < -0.3 is 9.72 Å². The molecule has 0 saturated carbocycles. The number of aromatic amines is 1. The first kappa shape index (κ1) is 16.3. The van der Waals surface area contributed by atoms with E-state index in [0.717, 1.165) is 22.0 Å². The van der Waals surface area contributed by atoms with Crippen molar-refractivity contribution < 1.29 is 9.53 Å². The van der Waals surface area contributed by atoms with Gasteiger partial charge in [-0.05, 0) is 32.6 Å². The molecular weight excluding hydrogens is 300 g/mol. The highest BCUT2D eigenvalue weighted by molar-refractivity contribution is 5.99. The lowest BCUT2D eigenvalue weighted by Crippen LogP contribution is -2.23. The Morgan fingerprint density at radius 3 is 2.42 bits per heavy atom. The van der Waals surface area contributed by atoms with E-state index in [9.17, 15) is 4.79 Å². The predicted octanol–water partition coefficient (Wildman–Crippen LogP) is 4.00. The number of carbonyl (C=O) groups is 1. The molecule has 0 bridgehead atoms. The van der Waals surface area contributed by atoms with E-state index in [1.165, 1.54) is 0 Å². The van der Waals surface area contributed by atoms with Gasteiger partial charge in [0.2, 0.25) is 0 Å². The van der Waals surface area contributed by atoms with Gasteiger partial charge in [-0.2, -0.15) is 0 Å². The Labute approximate surface area is 142 Å². The number of para-hydroxylation sites is 1. The van der Waals surface area contributed by atoms with Crippen molar-refractivity contribution >= 4 is 16.9 Å². The third-order valence-corrected chi connectivity index (χ3v) is 4.13. The van der Waals surface area contributed by atoms with Crippen molar-refractivity contribution in [3.05, 3.63) is 71.4 Å². The summed E-state index contributed by atoms with van der Waals surface area (Å²) in [6, 6.07) is 18.1. The summed E-state index contributed by atoms with van der Waals surface area (Å²) < 4.78 is 5.28. The fourth-order valence-corrected chi connectivity index (χ4v) is 3.17. The molecule has 0 fully saturated rings. The molecule has 1 aromatic heterocycles. The maximum Gasteiger partial charge on any atom is 0.355 e. The minimum Gasteiger partial charge on any atom is -0.461 e. The van der Waals surface area contributed by atoms with Crippen LogP contribution in [0.5, 0.6) is 0 Å². The monoisotopic (exact) mass is 322 g/mol. The number of benzene rings is 2. The molecule has 0 saturated heterocycles. The van der Waals surface area contributed by atoms with Gasteiger partial charge in [-0.15, -0.1) is 0 Å². The maximum atomic E-state index is 12.5. The molecule has 0 aliphatic heterocycles. The standard InChI is InChI=1S/C20H22N2O2/c1-4-24-20(23)18-17(15-12-8-9-13-16(15)21-18)19(22(2)3)14-10-6-5-7-11-14/h5-13,19,21H,4H2,1-3H3. The first-order valence-electron chi connectivity index (χ1n) is 8.12. The number of fused-ring (bicyclic) bond motifs is 1. The minimum absolute atomic E-state index is 0.0400. The molecule has 3 aromatic rings. The summed E-state index contributed by atoms with van der Waals surface area (Å²) in [6.45, 7) is 2.17. The molecule has 0 aliphatic rings. The van der Waals surface area contributed by atoms with Crippen LogP contribution in [0.4, 0.5) is 0 Å². The van der Waals surface area contributed by atoms with Gasteiger partial charge in [0.05, 0.1) is 12.6 Å². The molecule has 1 atom stereocenters. The van der Waals surface area contributed by atoms with E-state index < -0.39 is 0 Å². The minimum atomic E-state index is -0.313. The molecule has 124 valence electrons. The van der Waals surface area contributed by atoms with Crippen LogP contribution in [0.25, 0.3) is 10.9 Å². The van der Waals surface area contributed by atoms with Crippen LogP contribution in [-0.4, -0.2) is 36.6 Å². The van der Waals surface area contributed by atoms with Crippen molar-refractivity contribution in [2.24, 2.45) is 0 Å². The number of esters is 1. The van der Waals surface area contributed by atoms with Gasteiger partial charge in [-0.25, -0.2) is 4.79 Å². The van der Waals surface area contributed by atoms with Crippen molar-refractivity contribution in [2.45, 2.75) is 13.0 Å². The van der Waals surface area contributed by atoms with Gasteiger partial charge in [-0.1, -0.05) is 48.5 Å². The highest BCUT2D eigenvalue weighted by atomic mass is 16.5. The summed E-state index contributed by atoms with van der Waals surface area (Å²) in [4.78, 5) is 17.9. The van der Waals surface area contributed by atoms with E-state index in [1.54, 1.807) is 0 Å². The van der Waals surface area contributed by atoms with Gasteiger partial charge in [0, 0.05) is 16.5 Å². The lowest BCUT2D eigenvalue weighted by atomic mass is 9.95. The van der Waals surface area contributed by atoms with E-state index >= 15 is 0 Å². The average molecular weight is 322 g/mol. The number of nitrogens with zero attached hydrogens (tertiary/aromatic N) is 1. The number of ether oxygens (including phenoxy) is 1. The van der Waals surface area contributed by atoms with Crippen LogP contribution < -0.4 is 0 Å². The Kier molecular flexibility index (Phi) is 4.67. The van der Waals surface area contributed by atoms with Crippen molar-refractivity contribution in [3.63, 3.8) is 0 Å². The number of hydrogen-bond donors (Lipinski definition) is 1. The quantitative estimate of drug-likeness (QED) is 0.722. The molecule has 3 rings (SSSR count). The molecule has 2 aromatic carbocycles. The molecule has 0 radical (unpaired) electrons. The van der Waals surface area contributed by atoms with Gasteiger partial charge in [0.25, 0.3) is 0 Å². The van der Waals surface area contributed by atoms with Crippen molar-refractivity contribution in [2.75, 3.05) is 20.7 Å². The molecule has 4 heteroatoms. The molecule has 1 heterocycles.